The molecule has 0 amide bonds. The van der Waals surface area contributed by atoms with E-state index in [1.165, 1.54) is 12.8 Å². The zero-order chi connectivity index (χ0) is 9.42. The van der Waals surface area contributed by atoms with E-state index < -0.39 is 0 Å². The normalized spacial score (nSPS) is 38.2. The molecule has 0 radical (unpaired) electrons. The van der Waals surface area contributed by atoms with Crippen LogP contribution in [-0.4, -0.2) is 5.78 Å². The largest absolute Gasteiger partial charge is 0.299 e. The molecule has 2 aliphatic rings. The third-order valence-corrected chi connectivity index (χ3v) is 3.86. The van der Waals surface area contributed by atoms with Crippen LogP contribution in [0, 0.1) is 23.7 Å². The molecule has 0 spiro atoms. The Labute approximate surface area is 80.2 Å². The van der Waals surface area contributed by atoms with Gasteiger partial charge in [-0.1, -0.05) is 26.0 Å². The summed E-state index contributed by atoms with van der Waals surface area (Å²) in [6, 6.07) is 0. The van der Waals surface area contributed by atoms with E-state index in [0.29, 0.717) is 18.1 Å². The lowest BCUT2D eigenvalue weighted by molar-refractivity contribution is -0.124. The maximum atomic E-state index is 11.6. The van der Waals surface area contributed by atoms with Crippen LogP contribution >= 0.6 is 0 Å². The summed E-state index contributed by atoms with van der Waals surface area (Å²) in [5, 5.41) is 0. The van der Waals surface area contributed by atoms with E-state index in [-0.39, 0.29) is 5.92 Å². The molecular weight excluding hydrogens is 160 g/mol. The number of hydrogen-bond acceptors (Lipinski definition) is 1. The van der Waals surface area contributed by atoms with E-state index in [1.54, 1.807) is 0 Å². The molecule has 0 aromatic rings. The Morgan fingerprint density at radius 3 is 2.31 bits per heavy atom. The fraction of sp³-hybridized carbons (Fsp3) is 0.750. The van der Waals surface area contributed by atoms with Crippen LogP contribution in [-0.2, 0) is 4.79 Å². The van der Waals surface area contributed by atoms with Gasteiger partial charge in [-0.2, -0.15) is 0 Å². The minimum absolute atomic E-state index is 0.289. The molecule has 0 N–H and O–H groups in total. The Kier molecular flexibility index (Phi) is 2.27. The minimum Gasteiger partial charge on any atom is -0.299 e. The van der Waals surface area contributed by atoms with Crippen LogP contribution in [0.4, 0.5) is 0 Å². The molecule has 2 bridgehead atoms. The molecule has 0 aliphatic heterocycles. The maximum Gasteiger partial charge on any atom is 0.135 e. The molecule has 1 heteroatoms. The average Bonchev–Trinajstić information content (AvgIpc) is 2.74. The van der Waals surface area contributed by atoms with Gasteiger partial charge in [0, 0.05) is 12.3 Å². The lowest BCUT2D eigenvalue weighted by Crippen LogP contribution is -2.24. The molecule has 0 aromatic heterocycles. The van der Waals surface area contributed by atoms with Crippen molar-refractivity contribution in [1.29, 1.82) is 0 Å². The van der Waals surface area contributed by atoms with Crippen molar-refractivity contribution in [1.82, 2.24) is 0 Å². The van der Waals surface area contributed by atoms with Gasteiger partial charge >= 0.3 is 0 Å². The quantitative estimate of drug-likeness (QED) is 0.607. The number of fused-ring (bicyclic) bond motifs is 2. The highest BCUT2D eigenvalue weighted by Gasteiger charge is 2.42. The van der Waals surface area contributed by atoms with Gasteiger partial charge in [-0.15, -0.1) is 0 Å². The number of Topliss-reactive ketones (excluding diaryl/α,β-unsaturated/α-hetero) is 1. The average molecular weight is 178 g/mol. The summed E-state index contributed by atoms with van der Waals surface area (Å²) in [6.45, 7) is 4.10. The molecule has 0 aromatic carbocycles. The molecule has 13 heavy (non-hydrogen) atoms. The van der Waals surface area contributed by atoms with Crippen LogP contribution in [0.2, 0.25) is 0 Å². The Morgan fingerprint density at radius 1 is 1.38 bits per heavy atom. The highest BCUT2D eigenvalue weighted by molar-refractivity contribution is 5.80. The van der Waals surface area contributed by atoms with Crippen molar-refractivity contribution in [3.8, 4) is 0 Å². The summed E-state index contributed by atoms with van der Waals surface area (Å²) in [4.78, 5) is 11.6. The predicted octanol–water partition coefficient (Wildman–Crippen LogP) is 2.81. The molecule has 2 rings (SSSR count). The molecule has 3 atom stereocenters. The number of hydrogen-bond donors (Lipinski definition) is 0. The van der Waals surface area contributed by atoms with E-state index in [1.807, 2.05) is 6.92 Å². The first kappa shape index (κ1) is 8.98. The minimum atomic E-state index is 0.289. The second-order valence-electron chi connectivity index (χ2n) is 4.48. The van der Waals surface area contributed by atoms with Crippen molar-refractivity contribution >= 4 is 5.78 Å². The molecule has 3 unspecified atom stereocenters. The van der Waals surface area contributed by atoms with Crippen molar-refractivity contribution in [2.75, 3.05) is 0 Å². The van der Waals surface area contributed by atoms with Crippen LogP contribution in [0.5, 0.6) is 0 Å². The molecule has 2 aliphatic carbocycles. The number of ketones is 1. The smallest absolute Gasteiger partial charge is 0.135 e. The third kappa shape index (κ3) is 1.34. The molecular formula is C12H18O. The first-order chi connectivity index (χ1) is 6.24. The van der Waals surface area contributed by atoms with Crippen LogP contribution in [0.3, 0.4) is 0 Å². The van der Waals surface area contributed by atoms with Crippen molar-refractivity contribution in [3.63, 3.8) is 0 Å². The van der Waals surface area contributed by atoms with Crippen LogP contribution < -0.4 is 0 Å². The molecule has 1 saturated carbocycles. The Morgan fingerprint density at radius 2 is 1.92 bits per heavy atom. The van der Waals surface area contributed by atoms with Crippen LogP contribution in [0.25, 0.3) is 0 Å². The third-order valence-electron chi connectivity index (χ3n) is 3.86. The number of allylic oxidation sites excluding steroid dienone is 2. The van der Waals surface area contributed by atoms with Gasteiger partial charge in [0.1, 0.15) is 5.78 Å². The first-order valence-corrected chi connectivity index (χ1v) is 5.45. The summed E-state index contributed by atoms with van der Waals surface area (Å²) in [5.41, 5.74) is 0. The Hall–Kier alpha value is -0.590. The molecule has 0 heterocycles. The van der Waals surface area contributed by atoms with E-state index in [9.17, 15) is 4.79 Å². The number of rotatable bonds is 3. The van der Waals surface area contributed by atoms with Gasteiger partial charge in [0.25, 0.3) is 0 Å². The second kappa shape index (κ2) is 3.28. The van der Waals surface area contributed by atoms with E-state index >= 15 is 0 Å². The zero-order valence-corrected chi connectivity index (χ0v) is 8.49. The van der Waals surface area contributed by atoms with Crippen molar-refractivity contribution < 1.29 is 4.79 Å². The first-order valence-electron chi connectivity index (χ1n) is 5.45. The van der Waals surface area contributed by atoms with Gasteiger partial charge in [0.05, 0.1) is 0 Å². The summed E-state index contributed by atoms with van der Waals surface area (Å²) in [6.07, 6.45) is 7.99. The van der Waals surface area contributed by atoms with Crippen LogP contribution in [0.15, 0.2) is 12.2 Å². The number of carbonyl (C=O) groups excluding carboxylic acids is 1. The van der Waals surface area contributed by atoms with E-state index in [4.69, 9.17) is 0 Å². The molecule has 72 valence electrons. The fourth-order valence-corrected chi connectivity index (χ4v) is 3.10. The van der Waals surface area contributed by atoms with Gasteiger partial charge in [-0.25, -0.2) is 0 Å². The van der Waals surface area contributed by atoms with Gasteiger partial charge in [-0.05, 0) is 30.6 Å². The highest BCUT2D eigenvalue weighted by Crippen LogP contribution is 2.48. The van der Waals surface area contributed by atoms with Gasteiger partial charge in [-0.3, -0.25) is 4.79 Å². The van der Waals surface area contributed by atoms with Gasteiger partial charge < -0.3 is 0 Å². The molecule has 0 saturated heterocycles. The van der Waals surface area contributed by atoms with Crippen molar-refractivity contribution in [2.45, 2.75) is 33.1 Å². The standard InChI is InChI=1S/C12H18O/c1-3-11(13)8(2)12-9-4-5-10(12)7-6-9/h4-5,8-10,12H,3,6-7H2,1-2H3. The van der Waals surface area contributed by atoms with Crippen molar-refractivity contribution in [3.05, 3.63) is 12.2 Å². The zero-order valence-electron chi connectivity index (χ0n) is 8.49. The Balaban J connectivity index is 2.07. The lowest BCUT2D eigenvalue weighted by atomic mass is 9.81. The summed E-state index contributed by atoms with van der Waals surface area (Å²) >= 11 is 0. The van der Waals surface area contributed by atoms with Crippen molar-refractivity contribution in [2.24, 2.45) is 23.7 Å². The predicted molar refractivity (Wildman–Crippen MR) is 53.3 cm³/mol. The maximum absolute atomic E-state index is 11.6. The van der Waals surface area contributed by atoms with Gasteiger partial charge in [0.15, 0.2) is 0 Å². The Bertz CT molecular complexity index is 228. The van der Waals surface area contributed by atoms with E-state index in [0.717, 1.165) is 11.8 Å². The second-order valence-corrected chi connectivity index (χ2v) is 4.48. The topological polar surface area (TPSA) is 17.1 Å². The monoisotopic (exact) mass is 178 g/mol. The number of carbonyl (C=O) groups is 1. The summed E-state index contributed by atoms with van der Waals surface area (Å²) in [5.74, 6) is 2.82. The van der Waals surface area contributed by atoms with E-state index in [2.05, 4.69) is 19.1 Å². The highest BCUT2D eigenvalue weighted by atomic mass is 16.1. The summed E-state index contributed by atoms with van der Waals surface area (Å²) in [7, 11) is 0. The summed E-state index contributed by atoms with van der Waals surface area (Å²) < 4.78 is 0. The lowest BCUT2D eigenvalue weighted by Gasteiger charge is -2.22. The molecule has 1 fully saturated rings. The molecule has 1 nitrogen and oxygen atoms in total. The van der Waals surface area contributed by atoms with Crippen LogP contribution in [0.1, 0.15) is 33.1 Å². The SMILES string of the molecule is CCC(=O)C(C)C1C2C=CC1CC2. The fourth-order valence-electron chi connectivity index (χ4n) is 3.10. The van der Waals surface area contributed by atoms with Gasteiger partial charge in [0.2, 0.25) is 0 Å².